The Morgan fingerprint density at radius 2 is 1.79 bits per heavy atom. The van der Waals surface area contributed by atoms with Crippen molar-refractivity contribution in [3.8, 4) is 17.1 Å². The predicted molar refractivity (Wildman–Crippen MR) is 110 cm³/mol. The van der Waals surface area contributed by atoms with E-state index in [1.165, 1.54) is 4.57 Å². The second-order valence-corrected chi connectivity index (χ2v) is 7.14. The van der Waals surface area contributed by atoms with Crippen LogP contribution in [0.15, 0.2) is 16.9 Å². The Labute approximate surface area is 169 Å². The van der Waals surface area contributed by atoms with E-state index in [1.807, 2.05) is 6.07 Å². The van der Waals surface area contributed by atoms with Gasteiger partial charge in [-0.3, -0.25) is 14.2 Å². The molecule has 8 heteroatoms. The van der Waals surface area contributed by atoms with Gasteiger partial charge in [0.25, 0.3) is 5.56 Å². The molecule has 156 valence electrons. The van der Waals surface area contributed by atoms with Crippen LogP contribution >= 0.6 is 0 Å². The molecule has 0 aliphatic heterocycles. The average Bonchev–Trinajstić information content (AvgIpc) is 3.07. The Bertz CT molecular complexity index is 977. The van der Waals surface area contributed by atoms with Crippen molar-refractivity contribution in [3.05, 3.63) is 39.3 Å². The summed E-state index contributed by atoms with van der Waals surface area (Å²) in [6, 6.07) is 3.48. The summed E-state index contributed by atoms with van der Waals surface area (Å²) in [6.45, 7) is 2.57. The molecule has 1 aromatic heterocycles. The van der Waals surface area contributed by atoms with Gasteiger partial charge in [-0.15, -0.1) is 0 Å². The first kappa shape index (κ1) is 21.0. The third-order valence-corrected chi connectivity index (χ3v) is 5.14. The highest BCUT2D eigenvalue weighted by molar-refractivity contribution is 6.01. The van der Waals surface area contributed by atoms with Crippen LogP contribution in [0.4, 0.5) is 5.69 Å². The molecular formula is C21H27N3O5. The Kier molecular flexibility index (Phi) is 6.34. The number of aromatic nitrogens is 2. The highest BCUT2D eigenvalue weighted by atomic mass is 16.5. The molecular weight excluding hydrogens is 374 g/mol. The number of ether oxygens (including phenoxy) is 3. The van der Waals surface area contributed by atoms with Gasteiger partial charge in [-0.2, -0.15) is 0 Å². The van der Waals surface area contributed by atoms with Crippen LogP contribution in [0.25, 0.3) is 11.4 Å². The summed E-state index contributed by atoms with van der Waals surface area (Å²) in [7, 11) is 6.42. The number of carbonyl (C=O) groups is 1. The summed E-state index contributed by atoms with van der Waals surface area (Å²) in [5.74, 6) is 1.13. The van der Waals surface area contributed by atoms with Gasteiger partial charge in [0.1, 0.15) is 17.3 Å². The minimum atomic E-state index is -0.205. The Morgan fingerprint density at radius 3 is 2.41 bits per heavy atom. The van der Waals surface area contributed by atoms with E-state index in [0.717, 1.165) is 5.56 Å². The number of aryl methyl sites for hydroxylation is 2. The lowest BCUT2D eigenvalue weighted by atomic mass is 10.0. The third kappa shape index (κ3) is 4.04. The molecule has 0 atom stereocenters. The first-order valence-electron chi connectivity index (χ1n) is 9.47. The molecule has 0 bridgehead atoms. The zero-order chi connectivity index (χ0) is 21.1. The van der Waals surface area contributed by atoms with Crippen LogP contribution in [-0.2, 0) is 22.9 Å². The molecule has 0 radical (unpaired) electrons. The number of nitrogens with zero attached hydrogens (tertiary/aromatic N) is 2. The molecule has 0 amide bonds. The molecule has 1 N–H and O–H groups in total. The monoisotopic (exact) mass is 401 g/mol. The Hall–Kier alpha value is -2.71. The molecule has 0 saturated heterocycles. The minimum Gasteiger partial charge on any atom is -0.496 e. The lowest BCUT2D eigenvalue weighted by Gasteiger charge is -2.21. The Balaban J connectivity index is 2.07. The van der Waals surface area contributed by atoms with E-state index < -0.39 is 0 Å². The molecule has 1 aliphatic carbocycles. The number of rotatable bonds is 8. The molecule has 0 spiro atoms. The van der Waals surface area contributed by atoms with Crippen LogP contribution in [0.2, 0.25) is 0 Å². The molecule has 1 aliphatic rings. The van der Waals surface area contributed by atoms with Gasteiger partial charge in [-0.05, 0) is 31.0 Å². The number of anilines is 1. The maximum absolute atomic E-state index is 13.1. The number of nitrogens with one attached hydrogen (secondary N) is 1. The molecule has 0 fully saturated rings. The van der Waals surface area contributed by atoms with Crippen LogP contribution in [0.1, 0.15) is 28.0 Å². The van der Waals surface area contributed by atoms with Crippen molar-refractivity contribution in [3.63, 3.8) is 0 Å². The molecule has 0 unspecified atom stereocenters. The van der Waals surface area contributed by atoms with Gasteiger partial charge in [-0.1, -0.05) is 0 Å². The quantitative estimate of drug-likeness (QED) is 0.723. The molecule has 1 heterocycles. The van der Waals surface area contributed by atoms with Gasteiger partial charge in [-0.25, -0.2) is 4.98 Å². The average molecular weight is 401 g/mol. The van der Waals surface area contributed by atoms with Gasteiger partial charge < -0.3 is 19.5 Å². The normalized spacial score (nSPS) is 13.1. The van der Waals surface area contributed by atoms with Crippen molar-refractivity contribution in [2.24, 2.45) is 7.05 Å². The van der Waals surface area contributed by atoms with Crippen LogP contribution < -0.4 is 15.6 Å². The zero-order valence-corrected chi connectivity index (χ0v) is 17.5. The summed E-state index contributed by atoms with van der Waals surface area (Å²) < 4.78 is 17.4. The number of fused-ring (bicyclic) bond motifs is 1. The van der Waals surface area contributed by atoms with Crippen LogP contribution in [-0.4, -0.2) is 55.9 Å². The van der Waals surface area contributed by atoms with Gasteiger partial charge in [0.15, 0.2) is 5.78 Å². The maximum atomic E-state index is 13.1. The van der Waals surface area contributed by atoms with Gasteiger partial charge in [0.05, 0.1) is 37.6 Å². The number of benzene rings is 1. The van der Waals surface area contributed by atoms with E-state index in [1.54, 1.807) is 41.4 Å². The topological polar surface area (TPSA) is 91.7 Å². The predicted octanol–water partition coefficient (Wildman–Crippen LogP) is 1.97. The van der Waals surface area contributed by atoms with Crippen molar-refractivity contribution in [1.82, 2.24) is 9.55 Å². The third-order valence-electron chi connectivity index (χ3n) is 5.14. The Morgan fingerprint density at radius 1 is 1.10 bits per heavy atom. The number of hydrogen-bond acceptors (Lipinski definition) is 7. The van der Waals surface area contributed by atoms with Crippen molar-refractivity contribution < 1.29 is 19.0 Å². The zero-order valence-electron chi connectivity index (χ0n) is 17.5. The number of Topliss-reactive ketones (excluding diaryl/α,β-unsaturated/α-hetero) is 1. The van der Waals surface area contributed by atoms with Gasteiger partial charge in [0.2, 0.25) is 0 Å². The fraction of sp³-hybridized carbons (Fsp3) is 0.476. The first-order chi connectivity index (χ1) is 13.9. The molecule has 1 aromatic carbocycles. The molecule has 3 rings (SSSR count). The maximum Gasteiger partial charge on any atom is 0.277 e. The van der Waals surface area contributed by atoms with E-state index in [2.05, 4.69) is 10.3 Å². The number of carbonyl (C=O) groups excluding carboxylic acids is 1. The lowest BCUT2D eigenvalue weighted by molar-refractivity contribution is 0.0994. The second-order valence-electron chi connectivity index (χ2n) is 7.14. The SMILES string of the molecule is COCC(COC)Nc1c(C)nc(-c2cc3c(cc2OC)C(=O)CC3)n(C)c1=O. The fourth-order valence-electron chi connectivity index (χ4n) is 3.67. The highest BCUT2D eigenvalue weighted by Crippen LogP contribution is 2.35. The second kappa shape index (κ2) is 8.75. The van der Waals surface area contributed by atoms with Crippen LogP contribution in [0.3, 0.4) is 0 Å². The minimum absolute atomic E-state index is 0.116. The summed E-state index contributed by atoms with van der Waals surface area (Å²) in [5, 5.41) is 3.19. The van der Waals surface area contributed by atoms with E-state index in [9.17, 15) is 9.59 Å². The summed E-state index contributed by atoms with van der Waals surface area (Å²) in [5.41, 5.74) is 3.11. The van der Waals surface area contributed by atoms with Crippen molar-refractivity contribution in [2.45, 2.75) is 25.8 Å². The fourth-order valence-corrected chi connectivity index (χ4v) is 3.67. The molecule has 8 nitrogen and oxygen atoms in total. The first-order valence-corrected chi connectivity index (χ1v) is 9.47. The van der Waals surface area contributed by atoms with Gasteiger partial charge in [0, 0.05) is 33.3 Å². The molecule has 2 aromatic rings. The smallest absolute Gasteiger partial charge is 0.277 e. The van der Waals surface area contributed by atoms with Crippen molar-refractivity contribution in [1.29, 1.82) is 0 Å². The largest absolute Gasteiger partial charge is 0.496 e. The molecule has 29 heavy (non-hydrogen) atoms. The summed E-state index contributed by atoms with van der Waals surface area (Å²) >= 11 is 0. The van der Waals surface area contributed by atoms with E-state index >= 15 is 0 Å². The lowest BCUT2D eigenvalue weighted by Crippen LogP contribution is -2.35. The van der Waals surface area contributed by atoms with Crippen LogP contribution in [0.5, 0.6) is 5.75 Å². The molecule has 0 saturated carbocycles. The standard InChI is InChI=1S/C21H27N3O5/c1-12-19(23-14(10-27-3)11-28-4)21(26)24(2)20(22-12)16-8-13-6-7-17(25)15(13)9-18(16)29-5/h8-9,14,23H,6-7,10-11H2,1-5H3. The van der Waals surface area contributed by atoms with Crippen molar-refractivity contribution >= 4 is 11.5 Å². The van der Waals surface area contributed by atoms with E-state index in [4.69, 9.17) is 14.2 Å². The van der Waals surface area contributed by atoms with Gasteiger partial charge >= 0.3 is 0 Å². The highest BCUT2D eigenvalue weighted by Gasteiger charge is 2.25. The summed E-state index contributed by atoms with van der Waals surface area (Å²) in [6.07, 6.45) is 1.18. The van der Waals surface area contributed by atoms with E-state index in [0.29, 0.717) is 60.1 Å². The summed E-state index contributed by atoms with van der Waals surface area (Å²) in [4.78, 5) is 29.8. The van der Waals surface area contributed by atoms with Crippen molar-refractivity contribution in [2.75, 3.05) is 39.9 Å². The number of methoxy groups -OCH3 is 3. The number of ketones is 1. The number of hydrogen-bond donors (Lipinski definition) is 1. The van der Waals surface area contributed by atoms with E-state index in [-0.39, 0.29) is 17.4 Å². The van der Waals surface area contributed by atoms with Crippen LogP contribution in [0, 0.1) is 6.92 Å².